The van der Waals surface area contributed by atoms with Crippen LogP contribution in [0.1, 0.15) is 39.2 Å². The molecule has 0 aliphatic carbocycles. The fourth-order valence-electron chi connectivity index (χ4n) is 3.71. The molecule has 1 N–H and O–H groups in total. The maximum absolute atomic E-state index is 12.2. The summed E-state index contributed by atoms with van der Waals surface area (Å²) in [6, 6.07) is 18.9. The van der Waals surface area contributed by atoms with Crippen molar-refractivity contribution in [1.82, 2.24) is 10.2 Å². The first kappa shape index (κ1) is 23.9. The highest BCUT2D eigenvalue weighted by Crippen LogP contribution is 2.21. The second-order valence-electron chi connectivity index (χ2n) is 9.39. The van der Waals surface area contributed by atoms with Gasteiger partial charge in [-0.1, -0.05) is 36.4 Å². The van der Waals surface area contributed by atoms with Crippen molar-refractivity contribution in [1.29, 1.82) is 0 Å². The van der Waals surface area contributed by atoms with Crippen LogP contribution in [0.4, 0.5) is 10.5 Å². The van der Waals surface area contributed by atoms with Crippen LogP contribution >= 0.6 is 0 Å². The molecule has 174 valence electrons. The molecule has 2 aromatic carbocycles. The Hall–Kier alpha value is -2.73. The van der Waals surface area contributed by atoms with Crippen molar-refractivity contribution >= 4 is 11.8 Å². The molecule has 0 saturated carbocycles. The Bertz CT molecular complexity index is 843. The van der Waals surface area contributed by atoms with Crippen molar-refractivity contribution in [2.75, 3.05) is 38.1 Å². The normalized spacial score (nSPS) is 14.8. The number of anilines is 1. The Balaban J connectivity index is 1.38. The van der Waals surface area contributed by atoms with Gasteiger partial charge < -0.3 is 24.6 Å². The van der Waals surface area contributed by atoms with Crippen molar-refractivity contribution in [2.24, 2.45) is 0 Å². The van der Waals surface area contributed by atoms with Crippen molar-refractivity contribution in [3.8, 4) is 5.75 Å². The average Bonchev–Trinajstić information content (AvgIpc) is 2.78. The maximum Gasteiger partial charge on any atom is 0.410 e. The number of rotatable bonds is 8. The number of hydrogen-bond acceptors (Lipinski definition) is 5. The number of nitrogens with one attached hydrogen (secondary N) is 1. The quantitative estimate of drug-likeness (QED) is 0.647. The van der Waals surface area contributed by atoms with E-state index in [2.05, 4.69) is 41.5 Å². The number of carbonyl (C=O) groups excluding carboxylic acids is 1. The van der Waals surface area contributed by atoms with E-state index >= 15 is 0 Å². The molecule has 1 aliphatic heterocycles. The molecule has 1 amide bonds. The summed E-state index contributed by atoms with van der Waals surface area (Å²) in [6.07, 6.45) is 1.70. The minimum absolute atomic E-state index is 0.204. The van der Waals surface area contributed by atoms with Crippen molar-refractivity contribution in [3.63, 3.8) is 0 Å². The van der Waals surface area contributed by atoms with Crippen LogP contribution in [0.3, 0.4) is 0 Å². The van der Waals surface area contributed by atoms with E-state index in [1.165, 1.54) is 0 Å². The predicted octanol–water partition coefficient (Wildman–Crippen LogP) is 4.69. The fraction of sp³-hybridized carbons (Fsp3) is 0.500. The molecular formula is C26H37N3O3. The first-order valence-electron chi connectivity index (χ1n) is 11.5. The van der Waals surface area contributed by atoms with Gasteiger partial charge in [0.05, 0.1) is 0 Å². The third kappa shape index (κ3) is 7.75. The minimum Gasteiger partial charge on any atom is -0.489 e. The predicted molar refractivity (Wildman–Crippen MR) is 129 cm³/mol. The molecule has 2 aromatic rings. The number of likely N-dealkylation sites (tertiary alicyclic amines) is 1. The van der Waals surface area contributed by atoms with E-state index in [0.29, 0.717) is 12.6 Å². The molecule has 32 heavy (non-hydrogen) atoms. The SMILES string of the molecule is CN(CCNC1CCN(C(=O)OC(C)(C)C)CC1)c1cccc(OCc2ccccc2)c1. The van der Waals surface area contributed by atoms with Crippen LogP contribution in [0.15, 0.2) is 54.6 Å². The first-order valence-corrected chi connectivity index (χ1v) is 11.5. The monoisotopic (exact) mass is 439 g/mol. The van der Waals surface area contributed by atoms with Gasteiger partial charge in [0.1, 0.15) is 18.0 Å². The average molecular weight is 440 g/mol. The van der Waals surface area contributed by atoms with E-state index in [4.69, 9.17) is 9.47 Å². The molecule has 1 heterocycles. The molecule has 6 heteroatoms. The Morgan fingerprint density at radius 1 is 1.09 bits per heavy atom. The van der Waals surface area contributed by atoms with Gasteiger partial charge in [0.2, 0.25) is 0 Å². The highest BCUT2D eigenvalue weighted by Gasteiger charge is 2.26. The van der Waals surface area contributed by atoms with Gasteiger partial charge in [-0.2, -0.15) is 0 Å². The van der Waals surface area contributed by atoms with Crippen molar-refractivity contribution in [2.45, 2.75) is 51.9 Å². The topological polar surface area (TPSA) is 54.0 Å². The van der Waals surface area contributed by atoms with Gasteiger partial charge in [-0.15, -0.1) is 0 Å². The zero-order valence-corrected chi connectivity index (χ0v) is 19.8. The van der Waals surface area contributed by atoms with Gasteiger partial charge in [0.25, 0.3) is 0 Å². The van der Waals surface area contributed by atoms with E-state index in [0.717, 1.165) is 56.0 Å². The lowest BCUT2D eigenvalue weighted by Gasteiger charge is -2.34. The molecule has 0 unspecified atom stereocenters. The lowest BCUT2D eigenvalue weighted by atomic mass is 10.1. The van der Waals surface area contributed by atoms with Crippen LogP contribution in [0.5, 0.6) is 5.75 Å². The summed E-state index contributed by atoms with van der Waals surface area (Å²) in [4.78, 5) is 16.3. The van der Waals surface area contributed by atoms with Crippen LogP contribution in [0, 0.1) is 0 Å². The van der Waals surface area contributed by atoms with Crippen molar-refractivity contribution < 1.29 is 14.3 Å². The Kier molecular flexibility index (Phi) is 8.39. The van der Waals surface area contributed by atoms with Crippen molar-refractivity contribution in [3.05, 3.63) is 60.2 Å². The summed E-state index contributed by atoms with van der Waals surface area (Å²) in [5, 5.41) is 3.64. The maximum atomic E-state index is 12.2. The highest BCUT2D eigenvalue weighted by molar-refractivity contribution is 5.68. The second kappa shape index (κ2) is 11.2. The summed E-state index contributed by atoms with van der Waals surface area (Å²) >= 11 is 0. The number of likely N-dealkylation sites (N-methyl/N-ethyl adjacent to an activating group) is 1. The van der Waals surface area contributed by atoms with Crippen LogP contribution in [0.25, 0.3) is 0 Å². The molecule has 1 fully saturated rings. The third-order valence-corrected chi connectivity index (χ3v) is 5.53. The first-order chi connectivity index (χ1) is 15.3. The number of ether oxygens (including phenoxy) is 2. The highest BCUT2D eigenvalue weighted by atomic mass is 16.6. The minimum atomic E-state index is -0.444. The number of amides is 1. The molecule has 3 rings (SSSR count). The van der Waals surface area contributed by atoms with Crippen LogP contribution in [0.2, 0.25) is 0 Å². The number of nitrogens with zero attached hydrogens (tertiary/aromatic N) is 2. The lowest BCUT2D eigenvalue weighted by Crippen LogP contribution is -2.47. The van der Waals surface area contributed by atoms with E-state index < -0.39 is 5.60 Å². The molecule has 1 aliphatic rings. The number of piperidine rings is 1. The lowest BCUT2D eigenvalue weighted by molar-refractivity contribution is 0.0199. The zero-order chi connectivity index (χ0) is 23.0. The molecule has 0 bridgehead atoms. The molecule has 0 atom stereocenters. The number of benzene rings is 2. The second-order valence-corrected chi connectivity index (χ2v) is 9.39. The fourth-order valence-corrected chi connectivity index (χ4v) is 3.71. The van der Waals surface area contributed by atoms with E-state index in [1.54, 1.807) is 0 Å². The molecule has 0 radical (unpaired) electrons. The van der Waals surface area contributed by atoms with E-state index in [1.807, 2.05) is 56.0 Å². The number of carbonyl (C=O) groups is 1. The van der Waals surface area contributed by atoms with Gasteiger partial charge in [-0.05, 0) is 51.3 Å². The van der Waals surface area contributed by atoms with Gasteiger partial charge in [0.15, 0.2) is 0 Å². The zero-order valence-electron chi connectivity index (χ0n) is 19.8. The molecule has 1 saturated heterocycles. The van der Waals surface area contributed by atoms with Crippen LogP contribution in [-0.2, 0) is 11.3 Å². The standard InChI is InChI=1S/C26H37N3O3/c1-26(2,3)32-25(30)29-16-13-22(14-17-29)27-15-18-28(4)23-11-8-12-24(19-23)31-20-21-9-6-5-7-10-21/h5-12,19,22,27H,13-18,20H2,1-4H3. The third-order valence-electron chi connectivity index (χ3n) is 5.53. The smallest absolute Gasteiger partial charge is 0.410 e. The van der Waals surface area contributed by atoms with Gasteiger partial charge in [-0.25, -0.2) is 4.79 Å². The van der Waals surface area contributed by atoms with E-state index in [9.17, 15) is 4.79 Å². The van der Waals surface area contributed by atoms with Gasteiger partial charge >= 0.3 is 6.09 Å². The molecule has 0 aromatic heterocycles. The van der Waals surface area contributed by atoms with Gasteiger partial charge in [0, 0.05) is 51.0 Å². The summed E-state index contributed by atoms with van der Waals surface area (Å²) in [5.41, 5.74) is 1.85. The summed E-state index contributed by atoms with van der Waals surface area (Å²) in [7, 11) is 2.10. The van der Waals surface area contributed by atoms with Crippen LogP contribution in [-0.4, -0.2) is 55.9 Å². The van der Waals surface area contributed by atoms with E-state index in [-0.39, 0.29) is 6.09 Å². The number of hydrogen-bond donors (Lipinski definition) is 1. The summed E-state index contributed by atoms with van der Waals surface area (Å²) in [6.45, 7) is 9.55. The largest absolute Gasteiger partial charge is 0.489 e. The Labute approximate surface area is 192 Å². The van der Waals surface area contributed by atoms with Crippen LogP contribution < -0.4 is 15.0 Å². The summed E-state index contributed by atoms with van der Waals surface area (Å²) in [5.74, 6) is 0.876. The van der Waals surface area contributed by atoms with Gasteiger partial charge in [-0.3, -0.25) is 0 Å². The Morgan fingerprint density at radius 2 is 1.81 bits per heavy atom. The Morgan fingerprint density at radius 3 is 2.50 bits per heavy atom. The molecule has 6 nitrogen and oxygen atoms in total. The molecular weight excluding hydrogens is 402 g/mol. The molecule has 0 spiro atoms. The summed E-state index contributed by atoms with van der Waals surface area (Å²) < 4.78 is 11.4.